The van der Waals surface area contributed by atoms with Crippen LogP contribution < -0.4 is 5.32 Å². The lowest BCUT2D eigenvalue weighted by Gasteiger charge is -2.09. The summed E-state index contributed by atoms with van der Waals surface area (Å²) in [5, 5.41) is 2.90. The Morgan fingerprint density at radius 2 is 2.00 bits per heavy atom. The van der Waals surface area contributed by atoms with Crippen molar-refractivity contribution in [3.05, 3.63) is 71.2 Å². The molecule has 0 spiro atoms. The molecule has 25 heavy (non-hydrogen) atoms. The standard InChI is InChI=1S/C19H19BrN4O/c1-14(20)13-24-17-9-3-2-7-15(17)23-18(24)10-6-12-22-19(25)16-8-4-5-11-21-16/h2-5,7-9,11H,1,6,10,12-13H2,(H,22,25). The van der Waals surface area contributed by atoms with Gasteiger partial charge >= 0.3 is 0 Å². The van der Waals surface area contributed by atoms with Gasteiger partial charge in [-0.25, -0.2) is 4.98 Å². The van der Waals surface area contributed by atoms with E-state index in [2.05, 4.69) is 43.4 Å². The number of imidazole rings is 1. The molecule has 128 valence electrons. The number of aryl methyl sites for hydroxylation is 1. The molecule has 1 amide bonds. The molecule has 2 aromatic heterocycles. The minimum atomic E-state index is -0.150. The highest BCUT2D eigenvalue weighted by atomic mass is 79.9. The number of hydrogen-bond donors (Lipinski definition) is 1. The summed E-state index contributed by atoms with van der Waals surface area (Å²) in [4.78, 5) is 20.8. The molecule has 0 bridgehead atoms. The van der Waals surface area contributed by atoms with Gasteiger partial charge in [-0.1, -0.05) is 40.7 Å². The van der Waals surface area contributed by atoms with Gasteiger partial charge in [-0.2, -0.15) is 0 Å². The van der Waals surface area contributed by atoms with Crippen LogP contribution in [0.15, 0.2) is 59.7 Å². The lowest BCUT2D eigenvalue weighted by Crippen LogP contribution is -2.25. The number of para-hydroxylation sites is 2. The van der Waals surface area contributed by atoms with Crippen molar-refractivity contribution in [2.24, 2.45) is 0 Å². The zero-order valence-electron chi connectivity index (χ0n) is 13.8. The van der Waals surface area contributed by atoms with Crippen molar-refractivity contribution in [1.82, 2.24) is 19.9 Å². The average Bonchev–Trinajstić information content (AvgIpc) is 2.96. The van der Waals surface area contributed by atoms with E-state index in [9.17, 15) is 4.79 Å². The Hall–Kier alpha value is -2.47. The molecular weight excluding hydrogens is 380 g/mol. The second-order valence-corrected chi connectivity index (χ2v) is 6.82. The van der Waals surface area contributed by atoms with E-state index in [1.807, 2.05) is 18.2 Å². The number of fused-ring (bicyclic) bond motifs is 1. The van der Waals surface area contributed by atoms with Crippen molar-refractivity contribution in [2.75, 3.05) is 6.54 Å². The van der Waals surface area contributed by atoms with Gasteiger partial charge in [0.1, 0.15) is 11.5 Å². The first kappa shape index (κ1) is 17.4. The number of amides is 1. The van der Waals surface area contributed by atoms with Crippen LogP contribution in [0.25, 0.3) is 11.0 Å². The summed E-state index contributed by atoms with van der Waals surface area (Å²) in [6.45, 7) is 5.19. The molecule has 6 heteroatoms. The highest BCUT2D eigenvalue weighted by molar-refractivity contribution is 9.11. The summed E-state index contributed by atoms with van der Waals surface area (Å²) >= 11 is 3.44. The maximum Gasteiger partial charge on any atom is 0.269 e. The van der Waals surface area contributed by atoms with Crippen LogP contribution in [0.4, 0.5) is 0 Å². The molecule has 0 aliphatic carbocycles. The normalized spacial score (nSPS) is 10.8. The Kier molecular flexibility index (Phi) is 5.60. The number of benzene rings is 1. The van der Waals surface area contributed by atoms with Gasteiger partial charge in [0, 0.05) is 23.6 Å². The molecule has 3 aromatic rings. The summed E-state index contributed by atoms with van der Waals surface area (Å²) in [6.07, 6.45) is 3.19. The predicted molar refractivity (Wildman–Crippen MR) is 103 cm³/mol. The van der Waals surface area contributed by atoms with E-state index in [1.54, 1.807) is 24.4 Å². The lowest BCUT2D eigenvalue weighted by atomic mass is 10.2. The van der Waals surface area contributed by atoms with Gasteiger partial charge in [0.2, 0.25) is 0 Å². The van der Waals surface area contributed by atoms with Gasteiger partial charge in [-0.15, -0.1) is 0 Å². The van der Waals surface area contributed by atoms with E-state index in [0.29, 0.717) is 18.8 Å². The smallest absolute Gasteiger partial charge is 0.269 e. The summed E-state index contributed by atoms with van der Waals surface area (Å²) in [7, 11) is 0. The zero-order valence-corrected chi connectivity index (χ0v) is 15.4. The first-order valence-corrected chi connectivity index (χ1v) is 8.91. The van der Waals surface area contributed by atoms with Gasteiger partial charge in [-0.05, 0) is 30.7 Å². The number of halogens is 1. The molecule has 0 saturated carbocycles. The number of nitrogens with zero attached hydrogens (tertiary/aromatic N) is 3. The van der Waals surface area contributed by atoms with E-state index in [4.69, 9.17) is 4.98 Å². The van der Waals surface area contributed by atoms with Crippen LogP contribution in [-0.2, 0) is 13.0 Å². The van der Waals surface area contributed by atoms with Crippen molar-refractivity contribution in [1.29, 1.82) is 0 Å². The quantitative estimate of drug-likeness (QED) is 0.617. The molecule has 0 radical (unpaired) electrons. The molecule has 0 aliphatic rings. The number of pyridine rings is 1. The first-order valence-electron chi connectivity index (χ1n) is 8.12. The highest BCUT2D eigenvalue weighted by Gasteiger charge is 2.11. The SMILES string of the molecule is C=C(Br)Cn1c(CCCNC(=O)c2ccccn2)nc2ccccc21. The third-order valence-electron chi connectivity index (χ3n) is 3.82. The van der Waals surface area contributed by atoms with Crippen molar-refractivity contribution < 1.29 is 4.79 Å². The van der Waals surface area contributed by atoms with E-state index < -0.39 is 0 Å². The van der Waals surface area contributed by atoms with Crippen LogP contribution in [0.5, 0.6) is 0 Å². The highest BCUT2D eigenvalue weighted by Crippen LogP contribution is 2.19. The Morgan fingerprint density at radius 1 is 1.20 bits per heavy atom. The summed E-state index contributed by atoms with van der Waals surface area (Å²) in [5.41, 5.74) is 2.50. The third-order valence-corrected chi connectivity index (χ3v) is 4.07. The topological polar surface area (TPSA) is 59.8 Å². The van der Waals surface area contributed by atoms with Crippen LogP contribution in [0, 0.1) is 0 Å². The number of carbonyl (C=O) groups is 1. The van der Waals surface area contributed by atoms with Crippen molar-refractivity contribution in [3.63, 3.8) is 0 Å². The average molecular weight is 399 g/mol. The van der Waals surface area contributed by atoms with Gasteiger partial charge in [0.15, 0.2) is 0 Å². The Bertz CT molecular complexity index is 889. The van der Waals surface area contributed by atoms with Crippen LogP contribution in [0.2, 0.25) is 0 Å². The van der Waals surface area contributed by atoms with Crippen molar-refractivity contribution in [2.45, 2.75) is 19.4 Å². The number of aromatic nitrogens is 3. The predicted octanol–water partition coefficient (Wildman–Crippen LogP) is 3.70. The van der Waals surface area contributed by atoms with Gasteiger partial charge < -0.3 is 9.88 Å². The second-order valence-electron chi connectivity index (χ2n) is 5.69. The van der Waals surface area contributed by atoms with E-state index in [1.165, 1.54) is 0 Å². The zero-order chi connectivity index (χ0) is 17.6. The van der Waals surface area contributed by atoms with Gasteiger partial charge in [0.25, 0.3) is 5.91 Å². The van der Waals surface area contributed by atoms with Gasteiger partial charge in [0.05, 0.1) is 17.6 Å². The number of carbonyl (C=O) groups excluding carboxylic acids is 1. The van der Waals surface area contributed by atoms with Gasteiger partial charge in [-0.3, -0.25) is 9.78 Å². The number of nitrogens with one attached hydrogen (secondary N) is 1. The fourth-order valence-electron chi connectivity index (χ4n) is 2.70. The van der Waals surface area contributed by atoms with E-state index in [-0.39, 0.29) is 5.91 Å². The Balaban J connectivity index is 1.63. The monoisotopic (exact) mass is 398 g/mol. The largest absolute Gasteiger partial charge is 0.351 e. The molecule has 3 rings (SSSR count). The molecule has 1 aromatic carbocycles. The van der Waals surface area contributed by atoms with Crippen molar-refractivity contribution in [3.8, 4) is 0 Å². The van der Waals surface area contributed by atoms with Crippen LogP contribution >= 0.6 is 15.9 Å². The molecule has 5 nitrogen and oxygen atoms in total. The fraction of sp³-hybridized carbons (Fsp3) is 0.211. The molecule has 2 heterocycles. The molecular formula is C19H19BrN4O. The summed E-state index contributed by atoms with van der Waals surface area (Å²) in [6, 6.07) is 13.4. The van der Waals surface area contributed by atoms with Crippen LogP contribution in [-0.4, -0.2) is 27.0 Å². The van der Waals surface area contributed by atoms with Crippen molar-refractivity contribution >= 4 is 32.9 Å². The maximum absolute atomic E-state index is 12.0. The number of allylic oxidation sites excluding steroid dienone is 1. The molecule has 1 N–H and O–H groups in total. The number of rotatable bonds is 7. The summed E-state index contributed by atoms with van der Waals surface area (Å²) < 4.78 is 3.06. The molecule has 0 atom stereocenters. The molecule has 0 unspecified atom stereocenters. The molecule has 0 saturated heterocycles. The fourth-order valence-corrected chi connectivity index (χ4v) is 2.95. The first-order chi connectivity index (χ1) is 12.1. The minimum Gasteiger partial charge on any atom is -0.351 e. The second kappa shape index (κ2) is 8.07. The Morgan fingerprint density at radius 3 is 2.76 bits per heavy atom. The van der Waals surface area contributed by atoms with Crippen LogP contribution in [0.1, 0.15) is 22.7 Å². The molecule has 0 aliphatic heterocycles. The maximum atomic E-state index is 12.0. The Labute approximate surface area is 154 Å². The van der Waals surface area contributed by atoms with E-state index in [0.717, 1.165) is 34.2 Å². The van der Waals surface area contributed by atoms with Crippen LogP contribution in [0.3, 0.4) is 0 Å². The number of hydrogen-bond acceptors (Lipinski definition) is 3. The van der Waals surface area contributed by atoms with E-state index >= 15 is 0 Å². The third kappa shape index (κ3) is 4.33. The minimum absolute atomic E-state index is 0.150. The lowest BCUT2D eigenvalue weighted by molar-refractivity contribution is 0.0948. The summed E-state index contributed by atoms with van der Waals surface area (Å²) in [5.74, 6) is 0.844. The molecule has 0 fully saturated rings.